The molecule has 1 N–H and O–H groups in total. The predicted molar refractivity (Wildman–Crippen MR) is 50.9 cm³/mol. The fourth-order valence-electron chi connectivity index (χ4n) is 2.02. The average molecular weight is 198 g/mol. The van der Waals surface area contributed by atoms with Crippen molar-refractivity contribution in [1.82, 2.24) is 5.32 Å². The van der Waals surface area contributed by atoms with Crippen molar-refractivity contribution >= 4 is 11.6 Å². The molecule has 1 saturated carbocycles. The first-order chi connectivity index (χ1) is 6.33. The Morgan fingerprint density at radius 2 is 2.23 bits per heavy atom. The van der Waals surface area contributed by atoms with Crippen LogP contribution in [-0.2, 0) is 6.42 Å². The van der Waals surface area contributed by atoms with E-state index in [1.807, 2.05) is 6.07 Å². The predicted octanol–water partition coefficient (Wildman–Crippen LogP) is 2.67. The lowest BCUT2D eigenvalue weighted by molar-refractivity contribution is 0.417. The molecule has 0 amide bonds. The first-order valence-corrected chi connectivity index (χ1v) is 5.25. The van der Waals surface area contributed by atoms with Crippen LogP contribution in [-0.4, -0.2) is 6.04 Å². The van der Waals surface area contributed by atoms with E-state index in [2.05, 4.69) is 5.32 Å². The zero-order chi connectivity index (χ0) is 8.84. The zero-order valence-electron chi connectivity index (χ0n) is 7.35. The Bertz CT molecular complexity index is 330. The smallest absolute Gasteiger partial charge is 0.193 e. The van der Waals surface area contributed by atoms with Crippen LogP contribution in [0.5, 0.6) is 0 Å². The summed E-state index contributed by atoms with van der Waals surface area (Å²) in [5, 5.41) is 4.10. The maximum atomic E-state index is 5.80. The molecular weight excluding hydrogens is 186 g/mol. The summed E-state index contributed by atoms with van der Waals surface area (Å²) in [6.45, 7) is 0. The number of fused-ring (bicyclic) bond motifs is 1. The minimum Gasteiger partial charge on any atom is -0.448 e. The molecular formula is C10H12ClNO. The molecule has 0 aliphatic heterocycles. The number of nitrogens with one attached hydrogen (secondary N) is 1. The molecule has 1 atom stereocenters. The van der Waals surface area contributed by atoms with Crippen LogP contribution in [0.15, 0.2) is 10.5 Å². The third-order valence-corrected chi connectivity index (χ3v) is 3.03. The number of furan rings is 1. The highest BCUT2D eigenvalue weighted by molar-refractivity contribution is 6.28. The van der Waals surface area contributed by atoms with Gasteiger partial charge in [0.1, 0.15) is 5.76 Å². The Kier molecular flexibility index (Phi) is 1.67. The molecule has 0 spiro atoms. The van der Waals surface area contributed by atoms with Gasteiger partial charge in [0.2, 0.25) is 0 Å². The standard InChI is InChI=1S/C10H12ClNO/c11-9-5-6-1-4-8(10(6)13-9)12-7-2-3-7/h5,7-8,12H,1-4H2. The molecule has 1 aromatic heterocycles. The quantitative estimate of drug-likeness (QED) is 0.789. The van der Waals surface area contributed by atoms with E-state index >= 15 is 0 Å². The van der Waals surface area contributed by atoms with Crippen LogP contribution < -0.4 is 5.32 Å². The summed E-state index contributed by atoms with van der Waals surface area (Å²) in [4.78, 5) is 0. The van der Waals surface area contributed by atoms with E-state index in [1.54, 1.807) is 0 Å². The molecule has 70 valence electrons. The lowest BCUT2D eigenvalue weighted by Crippen LogP contribution is -2.20. The van der Waals surface area contributed by atoms with Crippen LogP contribution in [0.1, 0.15) is 36.6 Å². The molecule has 2 nitrogen and oxygen atoms in total. The number of halogens is 1. The second-order valence-electron chi connectivity index (χ2n) is 3.97. The molecule has 1 aromatic rings. The summed E-state index contributed by atoms with van der Waals surface area (Å²) >= 11 is 5.80. The molecule has 1 heterocycles. The van der Waals surface area contributed by atoms with Crippen molar-refractivity contribution in [3.05, 3.63) is 22.6 Å². The lowest BCUT2D eigenvalue weighted by Gasteiger charge is -2.09. The van der Waals surface area contributed by atoms with Crippen LogP contribution in [0.25, 0.3) is 0 Å². The fourth-order valence-corrected chi connectivity index (χ4v) is 2.24. The second kappa shape index (κ2) is 2.76. The molecule has 13 heavy (non-hydrogen) atoms. The largest absolute Gasteiger partial charge is 0.448 e. The Morgan fingerprint density at radius 1 is 1.38 bits per heavy atom. The minimum absolute atomic E-state index is 0.426. The van der Waals surface area contributed by atoms with E-state index in [4.69, 9.17) is 16.0 Å². The molecule has 0 aromatic carbocycles. The van der Waals surface area contributed by atoms with E-state index in [0.717, 1.165) is 18.2 Å². The van der Waals surface area contributed by atoms with Crippen molar-refractivity contribution in [2.75, 3.05) is 0 Å². The molecule has 3 rings (SSSR count). The van der Waals surface area contributed by atoms with Gasteiger partial charge in [0.25, 0.3) is 0 Å². The summed E-state index contributed by atoms with van der Waals surface area (Å²) < 4.78 is 5.47. The van der Waals surface area contributed by atoms with Crippen molar-refractivity contribution in [2.24, 2.45) is 0 Å². The fraction of sp³-hybridized carbons (Fsp3) is 0.600. The van der Waals surface area contributed by atoms with Crippen LogP contribution in [0.2, 0.25) is 5.22 Å². The average Bonchev–Trinajstić information content (AvgIpc) is 2.73. The van der Waals surface area contributed by atoms with Crippen LogP contribution in [0.4, 0.5) is 0 Å². The Balaban J connectivity index is 1.83. The van der Waals surface area contributed by atoms with Crippen LogP contribution in [0, 0.1) is 0 Å². The van der Waals surface area contributed by atoms with Crippen LogP contribution >= 0.6 is 11.6 Å². The monoisotopic (exact) mass is 197 g/mol. The summed E-state index contributed by atoms with van der Waals surface area (Å²) in [7, 11) is 0. The molecule has 2 aliphatic rings. The van der Waals surface area contributed by atoms with Crippen molar-refractivity contribution in [3.63, 3.8) is 0 Å². The van der Waals surface area contributed by atoms with Gasteiger partial charge in [-0.15, -0.1) is 0 Å². The van der Waals surface area contributed by atoms with E-state index < -0.39 is 0 Å². The van der Waals surface area contributed by atoms with E-state index in [-0.39, 0.29) is 0 Å². The van der Waals surface area contributed by atoms with E-state index in [9.17, 15) is 0 Å². The molecule has 1 fully saturated rings. The number of aryl methyl sites for hydroxylation is 1. The van der Waals surface area contributed by atoms with Crippen molar-refractivity contribution < 1.29 is 4.42 Å². The third-order valence-electron chi connectivity index (χ3n) is 2.84. The first-order valence-electron chi connectivity index (χ1n) is 4.87. The number of hydrogen-bond donors (Lipinski definition) is 1. The van der Waals surface area contributed by atoms with Gasteiger partial charge < -0.3 is 9.73 Å². The first kappa shape index (κ1) is 7.89. The van der Waals surface area contributed by atoms with Gasteiger partial charge in [-0.25, -0.2) is 0 Å². The summed E-state index contributed by atoms with van der Waals surface area (Å²) in [6, 6.07) is 3.11. The van der Waals surface area contributed by atoms with Gasteiger partial charge in [-0.3, -0.25) is 0 Å². The molecule has 3 heteroatoms. The van der Waals surface area contributed by atoms with Gasteiger partial charge in [-0.05, 0) is 48.9 Å². The Labute approximate surface area is 82.3 Å². The lowest BCUT2D eigenvalue weighted by atomic mass is 10.2. The maximum Gasteiger partial charge on any atom is 0.193 e. The van der Waals surface area contributed by atoms with Crippen LogP contribution in [0.3, 0.4) is 0 Å². The van der Waals surface area contributed by atoms with E-state index in [0.29, 0.717) is 11.3 Å². The summed E-state index contributed by atoms with van der Waals surface area (Å²) in [5.74, 6) is 1.08. The van der Waals surface area contributed by atoms with Crippen molar-refractivity contribution in [3.8, 4) is 0 Å². The normalized spacial score (nSPS) is 26.4. The number of rotatable bonds is 2. The number of hydrogen-bond acceptors (Lipinski definition) is 2. The molecule has 2 aliphatic carbocycles. The van der Waals surface area contributed by atoms with Crippen molar-refractivity contribution in [2.45, 2.75) is 37.8 Å². The SMILES string of the molecule is Clc1cc2c(o1)C(NC1CC1)CC2. The molecule has 0 radical (unpaired) electrons. The summed E-state index contributed by atoms with van der Waals surface area (Å²) in [6.07, 6.45) is 4.92. The van der Waals surface area contributed by atoms with Gasteiger partial charge in [0.05, 0.1) is 6.04 Å². The third kappa shape index (κ3) is 1.38. The topological polar surface area (TPSA) is 25.2 Å². The zero-order valence-corrected chi connectivity index (χ0v) is 8.10. The van der Waals surface area contributed by atoms with Gasteiger partial charge >= 0.3 is 0 Å². The highest BCUT2D eigenvalue weighted by atomic mass is 35.5. The van der Waals surface area contributed by atoms with E-state index in [1.165, 1.54) is 24.8 Å². The molecule has 1 unspecified atom stereocenters. The highest BCUT2D eigenvalue weighted by Crippen LogP contribution is 2.37. The second-order valence-corrected chi connectivity index (χ2v) is 4.34. The Morgan fingerprint density at radius 3 is 3.00 bits per heavy atom. The summed E-state index contributed by atoms with van der Waals surface area (Å²) in [5.41, 5.74) is 1.29. The minimum atomic E-state index is 0.426. The van der Waals surface area contributed by atoms with Gasteiger partial charge in [0.15, 0.2) is 5.22 Å². The maximum absolute atomic E-state index is 5.80. The van der Waals surface area contributed by atoms with Gasteiger partial charge in [-0.1, -0.05) is 0 Å². The highest BCUT2D eigenvalue weighted by Gasteiger charge is 2.32. The molecule has 0 saturated heterocycles. The van der Waals surface area contributed by atoms with Gasteiger partial charge in [-0.2, -0.15) is 0 Å². The van der Waals surface area contributed by atoms with Gasteiger partial charge in [0, 0.05) is 6.04 Å². The Hall–Kier alpha value is -0.470. The molecule has 0 bridgehead atoms. The van der Waals surface area contributed by atoms with Crippen molar-refractivity contribution in [1.29, 1.82) is 0 Å².